The summed E-state index contributed by atoms with van der Waals surface area (Å²) >= 11 is 12.0. The van der Waals surface area contributed by atoms with E-state index in [1.165, 1.54) is 83.2 Å². The molecule has 37 heavy (non-hydrogen) atoms. The minimum absolute atomic E-state index is 0.107. The zero-order chi connectivity index (χ0) is 26.9. The third-order valence-electron chi connectivity index (χ3n) is 5.95. The Morgan fingerprint density at radius 2 is 1.51 bits per heavy atom. The molecular weight excluding hydrogens is 511 g/mol. The first kappa shape index (κ1) is 30.7. The maximum absolute atomic E-state index is 12.5. The van der Waals surface area contributed by atoms with Crippen LogP contribution in [0.5, 0.6) is 11.5 Å². The lowest BCUT2D eigenvalue weighted by atomic mass is 10.1. The zero-order valence-corrected chi connectivity index (χ0v) is 23.4. The number of nitrogens with one attached hydrogen (secondary N) is 1. The number of hydrazone groups is 1. The SMILES string of the molecule is CCCCCCCCCCCCCC(=O)N/N=C/c1ccc(OC(=O)c2ccc(Cl)cc2Cl)c(OC)c1. The second-order valence-electron chi connectivity index (χ2n) is 9.00. The van der Waals surface area contributed by atoms with Crippen LogP contribution in [0, 0.1) is 0 Å². The first-order chi connectivity index (χ1) is 17.9. The molecule has 0 aliphatic heterocycles. The molecule has 8 heteroatoms. The van der Waals surface area contributed by atoms with E-state index in [0.29, 0.717) is 22.8 Å². The Morgan fingerprint density at radius 1 is 0.865 bits per heavy atom. The number of carbonyl (C=O) groups is 2. The average Bonchev–Trinajstić information content (AvgIpc) is 2.88. The molecule has 0 aliphatic rings. The number of hydrogen-bond acceptors (Lipinski definition) is 5. The molecule has 2 aromatic rings. The lowest BCUT2D eigenvalue weighted by Gasteiger charge is -2.10. The van der Waals surface area contributed by atoms with Crippen molar-refractivity contribution < 1.29 is 19.1 Å². The van der Waals surface area contributed by atoms with Gasteiger partial charge in [0.1, 0.15) is 0 Å². The minimum atomic E-state index is -0.629. The predicted molar refractivity (Wildman–Crippen MR) is 151 cm³/mol. The standard InChI is InChI=1S/C29H38Cl2N2O4/c1-3-4-5-6-7-8-9-10-11-12-13-14-28(34)33-32-21-22-15-18-26(27(19-22)36-2)37-29(35)24-17-16-23(30)20-25(24)31/h15-21H,3-14H2,1-2H3,(H,33,34)/b32-21+. The highest BCUT2D eigenvalue weighted by molar-refractivity contribution is 6.36. The summed E-state index contributed by atoms with van der Waals surface area (Å²) in [6.07, 6.45) is 15.6. The van der Waals surface area contributed by atoms with Crippen LogP contribution in [0.25, 0.3) is 0 Å². The van der Waals surface area contributed by atoms with Gasteiger partial charge < -0.3 is 9.47 Å². The summed E-state index contributed by atoms with van der Waals surface area (Å²) in [4.78, 5) is 24.5. The van der Waals surface area contributed by atoms with Gasteiger partial charge in [-0.3, -0.25) is 4.79 Å². The van der Waals surface area contributed by atoms with E-state index in [4.69, 9.17) is 32.7 Å². The molecule has 0 heterocycles. The van der Waals surface area contributed by atoms with Crippen molar-refractivity contribution in [3.8, 4) is 11.5 Å². The maximum Gasteiger partial charge on any atom is 0.345 e. The quantitative estimate of drug-likeness (QED) is 0.0707. The van der Waals surface area contributed by atoms with Gasteiger partial charge in [0.15, 0.2) is 11.5 Å². The Bertz CT molecular complexity index is 1030. The summed E-state index contributed by atoms with van der Waals surface area (Å²) in [5, 5.41) is 4.65. The van der Waals surface area contributed by atoms with Gasteiger partial charge in [-0.1, -0.05) is 94.3 Å². The van der Waals surface area contributed by atoms with Crippen molar-refractivity contribution in [3.63, 3.8) is 0 Å². The van der Waals surface area contributed by atoms with E-state index in [2.05, 4.69) is 17.5 Å². The van der Waals surface area contributed by atoms with Crippen LogP contribution in [0.2, 0.25) is 10.0 Å². The van der Waals surface area contributed by atoms with Gasteiger partial charge in [0.05, 0.1) is 23.9 Å². The Morgan fingerprint density at radius 3 is 2.14 bits per heavy atom. The van der Waals surface area contributed by atoms with Gasteiger partial charge in [-0.15, -0.1) is 0 Å². The van der Waals surface area contributed by atoms with Crippen molar-refractivity contribution in [2.75, 3.05) is 7.11 Å². The number of esters is 1. The highest BCUT2D eigenvalue weighted by atomic mass is 35.5. The van der Waals surface area contributed by atoms with E-state index in [-0.39, 0.29) is 22.2 Å². The van der Waals surface area contributed by atoms with Crippen molar-refractivity contribution in [2.24, 2.45) is 5.10 Å². The Labute approximate surface area is 230 Å². The zero-order valence-electron chi connectivity index (χ0n) is 21.9. The molecule has 0 fully saturated rings. The van der Waals surface area contributed by atoms with Gasteiger partial charge >= 0.3 is 5.97 Å². The molecule has 2 aromatic carbocycles. The molecule has 0 saturated carbocycles. The Hall–Kier alpha value is -2.57. The molecule has 0 saturated heterocycles. The lowest BCUT2D eigenvalue weighted by Crippen LogP contribution is -2.16. The van der Waals surface area contributed by atoms with E-state index < -0.39 is 5.97 Å². The topological polar surface area (TPSA) is 77.0 Å². The number of halogens is 2. The molecular formula is C29H38Cl2N2O4. The molecule has 0 unspecified atom stereocenters. The monoisotopic (exact) mass is 548 g/mol. The van der Waals surface area contributed by atoms with E-state index in [1.807, 2.05) is 0 Å². The highest BCUT2D eigenvalue weighted by Gasteiger charge is 2.16. The lowest BCUT2D eigenvalue weighted by molar-refractivity contribution is -0.121. The molecule has 0 atom stereocenters. The van der Waals surface area contributed by atoms with Crippen LogP contribution in [0.15, 0.2) is 41.5 Å². The van der Waals surface area contributed by atoms with Gasteiger partial charge in [-0.05, 0) is 48.4 Å². The minimum Gasteiger partial charge on any atom is -0.493 e. The number of ether oxygens (including phenoxy) is 2. The number of benzene rings is 2. The van der Waals surface area contributed by atoms with Gasteiger partial charge in [0.2, 0.25) is 5.91 Å². The second kappa shape index (κ2) is 17.8. The molecule has 0 bridgehead atoms. The van der Waals surface area contributed by atoms with Crippen LogP contribution in [-0.4, -0.2) is 25.2 Å². The van der Waals surface area contributed by atoms with E-state index in [9.17, 15) is 9.59 Å². The van der Waals surface area contributed by atoms with E-state index in [1.54, 1.807) is 24.3 Å². The number of carbonyl (C=O) groups excluding carboxylic acids is 2. The van der Waals surface area contributed by atoms with Crippen LogP contribution >= 0.6 is 23.2 Å². The van der Waals surface area contributed by atoms with Crippen LogP contribution in [0.3, 0.4) is 0 Å². The fourth-order valence-electron chi connectivity index (χ4n) is 3.84. The van der Waals surface area contributed by atoms with Gasteiger partial charge in [-0.25, -0.2) is 10.2 Å². The molecule has 0 aromatic heterocycles. The summed E-state index contributed by atoms with van der Waals surface area (Å²) < 4.78 is 10.8. The third-order valence-corrected chi connectivity index (χ3v) is 6.50. The summed E-state index contributed by atoms with van der Waals surface area (Å²) in [5.41, 5.74) is 3.43. The van der Waals surface area contributed by atoms with Crippen molar-refractivity contribution in [2.45, 2.75) is 84.0 Å². The number of methoxy groups -OCH3 is 1. The summed E-state index contributed by atoms with van der Waals surface area (Å²) in [6, 6.07) is 9.49. The van der Waals surface area contributed by atoms with Crippen LogP contribution in [-0.2, 0) is 4.79 Å². The van der Waals surface area contributed by atoms with Gasteiger partial charge in [0.25, 0.3) is 0 Å². The number of amides is 1. The van der Waals surface area contributed by atoms with Gasteiger partial charge in [0, 0.05) is 11.4 Å². The molecule has 202 valence electrons. The van der Waals surface area contributed by atoms with Crippen LogP contribution < -0.4 is 14.9 Å². The number of unbranched alkanes of at least 4 members (excludes halogenated alkanes) is 10. The summed E-state index contributed by atoms with van der Waals surface area (Å²) in [5.74, 6) is -0.161. The van der Waals surface area contributed by atoms with E-state index >= 15 is 0 Å². The molecule has 2 rings (SSSR count). The summed E-state index contributed by atoms with van der Waals surface area (Å²) in [6.45, 7) is 2.24. The largest absolute Gasteiger partial charge is 0.493 e. The van der Waals surface area contributed by atoms with E-state index in [0.717, 1.165) is 12.8 Å². The third kappa shape index (κ3) is 12.0. The number of nitrogens with zero attached hydrogens (tertiary/aromatic N) is 1. The first-order valence-electron chi connectivity index (χ1n) is 13.1. The van der Waals surface area contributed by atoms with Crippen LogP contribution in [0.1, 0.15) is 99.9 Å². The number of rotatable bonds is 17. The fourth-order valence-corrected chi connectivity index (χ4v) is 4.33. The number of hydrogen-bond donors (Lipinski definition) is 1. The van der Waals surface area contributed by atoms with Crippen molar-refractivity contribution in [1.29, 1.82) is 0 Å². The normalized spacial score (nSPS) is 11.0. The molecule has 0 radical (unpaired) electrons. The van der Waals surface area contributed by atoms with Gasteiger partial charge in [-0.2, -0.15) is 5.10 Å². The smallest absolute Gasteiger partial charge is 0.345 e. The second-order valence-corrected chi connectivity index (χ2v) is 9.85. The first-order valence-corrected chi connectivity index (χ1v) is 13.9. The molecule has 0 spiro atoms. The predicted octanol–water partition coefficient (Wildman–Crippen LogP) is 8.37. The average molecular weight is 550 g/mol. The van der Waals surface area contributed by atoms with Crippen molar-refractivity contribution >= 4 is 41.3 Å². The molecule has 6 nitrogen and oxygen atoms in total. The molecule has 1 N–H and O–H groups in total. The fraction of sp³-hybridized carbons (Fsp3) is 0.483. The highest BCUT2D eigenvalue weighted by Crippen LogP contribution is 2.30. The maximum atomic E-state index is 12.5. The van der Waals surface area contributed by atoms with Crippen molar-refractivity contribution in [3.05, 3.63) is 57.6 Å². The van der Waals surface area contributed by atoms with Crippen molar-refractivity contribution in [1.82, 2.24) is 5.43 Å². The Balaban J connectivity index is 1.70. The molecule has 0 aliphatic carbocycles. The van der Waals surface area contributed by atoms with Crippen LogP contribution in [0.4, 0.5) is 0 Å². The molecule has 1 amide bonds. The Kier molecular flexibility index (Phi) is 14.8. The summed E-state index contributed by atoms with van der Waals surface area (Å²) in [7, 11) is 1.47.